The molecule has 0 radical (unpaired) electrons. The van der Waals surface area contributed by atoms with Crippen LogP contribution in [0.15, 0.2) is 49.3 Å². The van der Waals surface area contributed by atoms with E-state index in [1.165, 1.54) is 24.5 Å². The van der Waals surface area contributed by atoms with E-state index < -0.39 is 29.9 Å². The van der Waals surface area contributed by atoms with Crippen molar-refractivity contribution in [3.8, 4) is 0 Å². The van der Waals surface area contributed by atoms with E-state index >= 15 is 0 Å². The standard InChI is InChI=1S/C23H24F5N3O3/c1-3-22(24,25)34-14-19-10-7-16(15-5-8-18(9-6-15)23(26,27)28)13-31(19)21-29-11-17(12-30-21)20(32)33-4-2/h3,5-6,8-9,11-12,16,19H,1,4,7,10,13-14H2,2H3/t16?,19-/m0/s1. The van der Waals surface area contributed by atoms with Gasteiger partial charge in [-0.15, -0.1) is 0 Å². The lowest BCUT2D eigenvalue weighted by atomic mass is 9.87. The number of aromatic nitrogens is 2. The van der Waals surface area contributed by atoms with Crippen LogP contribution in [0.4, 0.5) is 27.9 Å². The van der Waals surface area contributed by atoms with Gasteiger partial charge in [-0.3, -0.25) is 0 Å². The molecule has 0 saturated carbocycles. The van der Waals surface area contributed by atoms with Gasteiger partial charge in [-0.1, -0.05) is 18.7 Å². The number of esters is 1. The SMILES string of the molecule is C=CC(F)(F)OC[C@@H]1CCC(c2ccc(C(F)(F)F)cc2)CN1c1ncc(C(=O)OCC)cn1. The van der Waals surface area contributed by atoms with E-state index in [1.54, 1.807) is 11.8 Å². The third-order valence-electron chi connectivity index (χ3n) is 5.53. The summed E-state index contributed by atoms with van der Waals surface area (Å²) in [5.74, 6) is -0.604. The van der Waals surface area contributed by atoms with Gasteiger partial charge in [0.1, 0.15) is 0 Å². The molecule has 0 spiro atoms. The third-order valence-corrected chi connectivity index (χ3v) is 5.53. The zero-order valence-corrected chi connectivity index (χ0v) is 18.4. The number of hydrogen-bond acceptors (Lipinski definition) is 6. The molecule has 1 aromatic carbocycles. The Bertz CT molecular complexity index is 981. The van der Waals surface area contributed by atoms with Gasteiger partial charge >= 0.3 is 18.3 Å². The number of nitrogens with zero attached hydrogens (tertiary/aromatic N) is 3. The second-order valence-corrected chi connectivity index (χ2v) is 7.77. The van der Waals surface area contributed by atoms with Gasteiger partial charge in [0.05, 0.1) is 30.4 Å². The summed E-state index contributed by atoms with van der Waals surface area (Å²) >= 11 is 0. The molecule has 1 aliphatic heterocycles. The normalized spacial score (nSPS) is 19.1. The highest BCUT2D eigenvalue weighted by Gasteiger charge is 2.35. The van der Waals surface area contributed by atoms with Crippen LogP contribution in [-0.4, -0.2) is 47.8 Å². The van der Waals surface area contributed by atoms with Crippen LogP contribution in [-0.2, 0) is 15.7 Å². The molecule has 1 aliphatic rings. The first-order valence-corrected chi connectivity index (χ1v) is 10.6. The van der Waals surface area contributed by atoms with E-state index in [4.69, 9.17) is 9.47 Å². The molecule has 0 amide bonds. The predicted octanol–water partition coefficient (Wildman–Crippen LogP) is 5.22. The molecule has 1 fully saturated rings. The van der Waals surface area contributed by atoms with E-state index in [0.717, 1.165) is 12.1 Å². The number of ether oxygens (including phenoxy) is 2. The fourth-order valence-corrected chi connectivity index (χ4v) is 3.72. The predicted molar refractivity (Wildman–Crippen MR) is 114 cm³/mol. The topological polar surface area (TPSA) is 64.5 Å². The maximum Gasteiger partial charge on any atom is 0.416 e. The second-order valence-electron chi connectivity index (χ2n) is 7.77. The largest absolute Gasteiger partial charge is 0.462 e. The Labute approximate surface area is 193 Å². The number of anilines is 1. The molecule has 2 atom stereocenters. The van der Waals surface area contributed by atoms with Gasteiger partial charge in [0, 0.05) is 30.9 Å². The van der Waals surface area contributed by atoms with Gasteiger partial charge in [-0.25, -0.2) is 14.8 Å². The summed E-state index contributed by atoms with van der Waals surface area (Å²) in [6, 6.07) is 4.34. The minimum absolute atomic E-state index is 0.132. The highest BCUT2D eigenvalue weighted by atomic mass is 19.4. The van der Waals surface area contributed by atoms with Crippen molar-refractivity contribution in [2.24, 2.45) is 0 Å². The lowest BCUT2D eigenvalue weighted by Crippen LogP contribution is -2.47. The number of piperidine rings is 1. The highest BCUT2D eigenvalue weighted by molar-refractivity contribution is 5.88. The molecule has 11 heteroatoms. The van der Waals surface area contributed by atoms with Crippen molar-refractivity contribution in [2.45, 2.75) is 44.0 Å². The summed E-state index contributed by atoms with van der Waals surface area (Å²) in [5.41, 5.74) is 0.0598. The molecular formula is C23H24F5N3O3. The number of carbonyl (C=O) groups excluding carboxylic acids is 1. The fraction of sp³-hybridized carbons (Fsp3) is 0.435. The maximum absolute atomic E-state index is 13.6. The number of alkyl halides is 5. The molecule has 0 aliphatic carbocycles. The third kappa shape index (κ3) is 6.28. The van der Waals surface area contributed by atoms with E-state index in [0.29, 0.717) is 24.5 Å². The summed E-state index contributed by atoms with van der Waals surface area (Å²) in [4.78, 5) is 21.9. The number of benzene rings is 1. The summed E-state index contributed by atoms with van der Waals surface area (Å²) in [5, 5.41) is 0. The zero-order valence-electron chi connectivity index (χ0n) is 18.4. The van der Waals surface area contributed by atoms with Crippen molar-refractivity contribution in [1.82, 2.24) is 9.97 Å². The molecule has 1 aromatic heterocycles. The van der Waals surface area contributed by atoms with Crippen molar-refractivity contribution >= 4 is 11.9 Å². The first-order chi connectivity index (χ1) is 16.0. The number of halogens is 5. The van der Waals surface area contributed by atoms with Crippen LogP contribution >= 0.6 is 0 Å². The van der Waals surface area contributed by atoms with Crippen molar-refractivity contribution in [3.63, 3.8) is 0 Å². The van der Waals surface area contributed by atoms with Crippen LogP contribution in [0.1, 0.15) is 47.2 Å². The van der Waals surface area contributed by atoms with Gasteiger partial charge < -0.3 is 14.4 Å². The van der Waals surface area contributed by atoms with Crippen molar-refractivity contribution in [2.75, 3.05) is 24.7 Å². The zero-order chi connectivity index (χ0) is 24.9. The van der Waals surface area contributed by atoms with Gasteiger partial charge in [0.25, 0.3) is 0 Å². The summed E-state index contributed by atoms with van der Waals surface area (Å²) < 4.78 is 75.5. The summed E-state index contributed by atoms with van der Waals surface area (Å²) in [6.45, 7) is 4.81. The molecule has 2 heterocycles. The fourth-order valence-electron chi connectivity index (χ4n) is 3.72. The Morgan fingerprint density at radius 3 is 2.35 bits per heavy atom. The van der Waals surface area contributed by atoms with Crippen molar-refractivity contribution in [3.05, 3.63) is 66.0 Å². The van der Waals surface area contributed by atoms with Gasteiger partial charge in [-0.05, 0) is 37.5 Å². The van der Waals surface area contributed by atoms with Crippen LogP contribution in [0.25, 0.3) is 0 Å². The molecule has 2 aromatic rings. The molecule has 0 N–H and O–H groups in total. The average molecular weight is 485 g/mol. The van der Waals surface area contributed by atoms with E-state index in [-0.39, 0.29) is 37.2 Å². The van der Waals surface area contributed by atoms with Gasteiger partial charge in [0.2, 0.25) is 5.95 Å². The molecule has 1 saturated heterocycles. The Morgan fingerprint density at radius 2 is 1.79 bits per heavy atom. The quantitative estimate of drug-likeness (QED) is 0.290. The van der Waals surface area contributed by atoms with Crippen LogP contribution in [0.2, 0.25) is 0 Å². The van der Waals surface area contributed by atoms with Crippen molar-refractivity contribution < 1.29 is 36.2 Å². The molecule has 1 unspecified atom stereocenters. The smallest absolute Gasteiger partial charge is 0.416 e. The van der Waals surface area contributed by atoms with Gasteiger partial charge in [0.15, 0.2) is 0 Å². The first kappa shape index (κ1) is 25.5. The van der Waals surface area contributed by atoms with Crippen LogP contribution in [0.3, 0.4) is 0 Å². The highest BCUT2D eigenvalue weighted by Crippen LogP contribution is 2.35. The minimum atomic E-state index is -4.44. The lowest BCUT2D eigenvalue weighted by Gasteiger charge is -2.40. The van der Waals surface area contributed by atoms with Crippen LogP contribution in [0, 0.1) is 0 Å². The van der Waals surface area contributed by atoms with Gasteiger partial charge in [-0.2, -0.15) is 22.0 Å². The minimum Gasteiger partial charge on any atom is -0.462 e. The monoisotopic (exact) mass is 485 g/mol. The molecular weight excluding hydrogens is 461 g/mol. The summed E-state index contributed by atoms with van der Waals surface area (Å²) in [7, 11) is 0. The number of hydrogen-bond donors (Lipinski definition) is 0. The van der Waals surface area contributed by atoms with E-state index in [1.807, 2.05) is 0 Å². The lowest BCUT2D eigenvalue weighted by molar-refractivity contribution is -0.203. The van der Waals surface area contributed by atoms with Crippen LogP contribution < -0.4 is 4.90 Å². The Morgan fingerprint density at radius 1 is 1.15 bits per heavy atom. The second kappa shape index (κ2) is 10.5. The maximum atomic E-state index is 13.6. The molecule has 3 rings (SSSR count). The average Bonchev–Trinajstić information content (AvgIpc) is 2.82. The Kier molecular flexibility index (Phi) is 7.86. The molecule has 184 valence electrons. The molecule has 0 bridgehead atoms. The van der Waals surface area contributed by atoms with Crippen molar-refractivity contribution in [1.29, 1.82) is 0 Å². The first-order valence-electron chi connectivity index (χ1n) is 10.6. The number of carbonyl (C=O) groups is 1. The van der Waals surface area contributed by atoms with E-state index in [2.05, 4.69) is 16.5 Å². The summed E-state index contributed by atoms with van der Waals surface area (Å²) in [6.07, 6.45) is -4.06. The Balaban J connectivity index is 1.83. The molecule has 34 heavy (non-hydrogen) atoms. The van der Waals surface area contributed by atoms with Crippen LogP contribution in [0.5, 0.6) is 0 Å². The molecule has 6 nitrogen and oxygen atoms in total. The van der Waals surface area contributed by atoms with E-state index in [9.17, 15) is 26.7 Å². The number of rotatable bonds is 8. The Hall–Kier alpha value is -3.08.